The Morgan fingerprint density at radius 3 is 2.47 bits per heavy atom. The van der Waals surface area contributed by atoms with E-state index in [1.807, 2.05) is 26.8 Å². The van der Waals surface area contributed by atoms with Crippen molar-refractivity contribution >= 4 is 17.5 Å². The molecule has 0 unspecified atom stereocenters. The molecule has 3 fully saturated rings. The van der Waals surface area contributed by atoms with E-state index in [0.717, 1.165) is 44.9 Å². The van der Waals surface area contributed by atoms with E-state index in [2.05, 4.69) is 13.8 Å². The lowest BCUT2D eigenvalue weighted by Crippen LogP contribution is -2.51. The maximum Gasteiger partial charge on any atom is 0.311 e. The van der Waals surface area contributed by atoms with E-state index in [4.69, 9.17) is 4.74 Å². The number of rotatable bonds is 3. The van der Waals surface area contributed by atoms with Crippen molar-refractivity contribution in [3.8, 4) is 0 Å². The van der Waals surface area contributed by atoms with Crippen LogP contribution in [0, 0.1) is 39.9 Å². The Balaban J connectivity index is 1.49. The maximum atomic E-state index is 13.1. The molecule has 4 aliphatic rings. The van der Waals surface area contributed by atoms with Gasteiger partial charge in [-0.15, -0.1) is 0 Å². The Kier molecular flexibility index (Phi) is 5.30. The standard InChI is InChI=1S/C26H38O4/c1-24(2,3)23(29)30-15-22(28)21-9-8-19-18-7-6-16-14-17(27)10-12-25(16,4)20(18)11-13-26(19,21)5/h14,18-21H,6-13,15H2,1-5H3/t18-,19+,20-,21-,25-,26-/m1/s1. The lowest BCUT2D eigenvalue weighted by Gasteiger charge is -2.58. The van der Waals surface area contributed by atoms with Crippen LogP contribution in [-0.4, -0.2) is 24.1 Å². The van der Waals surface area contributed by atoms with Crippen LogP contribution in [0.4, 0.5) is 0 Å². The van der Waals surface area contributed by atoms with E-state index in [9.17, 15) is 14.4 Å². The summed E-state index contributed by atoms with van der Waals surface area (Å²) >= 11 is 0. The molecule has 4 heteroatoms. The topological polar surface area (TPSA) is 60.4 Å². The van der Waals surface area contributed by atoms with E-state index < -0.39 is 5.41 Å². The predicted molar refractivity (Wildman–Crippen MR) is 116 cm³/mol. The van der Waals surface area contributed by atoms with Crippen molar-refractivity contribution in [1.29, 1.82) is 0 Å². The minimum Gasteiger partial charge on any atom is -0.457 e. The maximum absolute atomic E-state index is 13.1. The Labute approximate surface area is 181 Å². The first-order valence-electron chi connectivity index (χ1n) is 11.9. The second kappa shape index (κ2) is 7.31. The number of carbonyl (C=O) groups is 3. The molecule has 0 aromatic carbocycles. The highest BCUT2D eigenvalue weighted by Crippen LogP contribution is 2.66. The number of ketones is 2. The van der Waals surface area contributed by atoms with Crippen LogP contribution in [0.1, 0.15) is 86.0 Å². The average Bonchev–Trinajstić information content (AvgIpc) is 3.03. The molecule has 0 bridgehead atoms. The molecule has 0 aromatic rings. The Hall–Kier alpha value is -1.45. The van der Waals surface area contributed by atoms with Crippen molar-refractivity contribution in [2.45, 2.75) is 86.0 Å². The van der Waals surface area contributed by atoms with E-state index in [1.54, 1.807) is 0 Å². The summed E-state index contributed by atoms with van der Waals surface area (Å²) in [6.45, 7) is 10.1. The van der Waals surface area contributed by atoms with Gasteiger partial charge < -0.3 is 4.74 Å². The van der Waals surface area contributed by atoms with Gasteiger partial charge in [0.25, 0.3) is 0 Å². The zero-order chi connectivity index (χ0) is 21.9. The molecular formula is C26H38O4. The minimum atomic E-state index is -0.579. The van der Waals surface area contributed by atoms with Gasteiger partial charge in [-0.2, -0.15) is 0 Å². The van der Waals surface area contributed by atoms with E-state index >= 15 is 0 Å². The molecule has 6 atom stereocenters. The molecule has 0 aromatic heterocycles. The number of fused-ring (bicyclic) bond motifs is 5. The zero-order valence-electron chi connectivity index (χ0n) is 19.4. The third kappa shape index (κ3) is 3.39. The molecule has 0 heterocycles. The number of hydrogen-bond acceptors (Lipinski definition) is 4. The van der Waals surface area contributed by atoms with Crippen LogP contribution < -0.4 is 0 Å². The van der Waals surface area contributed by atoms with Crippen LogP contribution in [0.5, 0.6) is 0 Å². The highest BCUT2D eigenvalue weighted by atomic mass is 16.5. The normalized spacial score (nSPS) is 40.7. The third-order valence-corrected chi connectivity index (χ3v) is 9.31. The fourth-order valence-electron chi connectivity index (χ4n) is 7.54. The molecule has 4 aliphatic carbocycles. The highest BCUT2D eigenvalue weighted by Gasteiger charge is 2.60. The molecule has 3 saturated carbocycles. The second-order valence-electron chi connectivity index (χ2n) is 11.9. The van der Waals surface area contributed by atoms with Gasteiger partial charge in [0.05, 0.1) is 5.41 Å². The van der Waals surface area contributed by atoms with Crippen molar-refractivity contribution < 1.29 is 19.1 Å². The van der Waals surface area contributed by atoms with Gasteiger partial charge in [0.2, 0.25) is 0 Å². The highest BCUT2D eigenvalue weighted by molar-refractivity contribution is 5.91. The number of Topliss-reactive ketones (excluding diaryl/α,β-unsaturated/α-hetero) is 1. The number of esters is 1. The van der Waals surface area contributed by atoms with Crippen molar-refractivity contribution in [3.05, 3.63) is 11.6 Å². The van der Waals surface area contributed by atoms with Gasteiger partial charge in [0.15, 0.2) is 11.6 Å². The van der Waals surface area contributed by atoms with Gasteiger partial charge in [-0.3, -0.25) is 14.4 Å². The fraction of sp³-hybridized carbons (Fsp3) is 0.808. The molecular weight excluding hydrogens is 376 g/mol. The van der Waals surface area contributed by atoms with Crippen molar-refractivity contribution in [2.24, 2.45) is 39.9 Å². The molecule has 0 radical (unpaired) electrons. The summed E-state index contributed by atoms with van der Waals surface area (Å²) in [5.74, 6) is 1.98. The first-order chi connectivity index (χ1) is 14.0. The van der Waals surface area contributed by atoms with Gasteiger partial charge in [-0.1, -0.05) is 19.4 Å². The monoisotopic (exact) mass is 414 g/mol. The Morgan fingerprint density at radius 1 is 1.03 bits per heavy atom. The lowest BCUT2D eigenvalue weighted by molar-refractivity contribution is -0.158. The first kappa shape index (κ1) is 21.8. The Morgan fingerprint density at radius 2 is 1.77 bits per heavy atom. The lowest BCUT2D eigenvalue weighted by atomic mass is 9.46. The summed E-state index contributed by atoms with van der Waals surface area (Å²) in [4.78, 5) is 37.2. The van der Waals surface area contributed by atoms with E-state index in [-0.39, 0.29) is 35.1 Å². The van der Waals surface area contributed by atoms with Crippen molar-refractivity contribution in [1.82, 2.24) is 0 Å². The predicted octanol–water partition coefficient (Wildman–Crippen LogP) is 5.29. The van der Waals surface area contributed by atoms with Gasteiger partial charge in [0, 0.05) is 12.3 Å². The Bertz CT molecular complexity index is 787. The first-order valence-corrected chi connectivity index (χ1v) is 11.9. The van der Waals surface area contributed by atoms with Crippen molar-refractivity contribution in [3.63, 3.8) is 0 Å². The molecule has 4 rings (SSSR count). The third-order valence-electron chi connectivity index (χ3n) is 9.31. The van der Waals surface area contributed by atoms with Crippen LogP contribution >= 0.6 is 0 Å². The summed E-state index contributed by atoms with van der Waals surface area (Å²) < 4.78 is 5.38. The summed E-state index contributed by atoms with van der Waals surface area (Å²) in [6, 6.07) is 0. The molecule has 4 nitrogen and oxygen atoms in total. The fourth-order valence-corrected chi connectivity index (χ4v) is 7.54. The van der Waals surface area contributed by atoms with Crippen LogP contribution in [0.15, 0.2) is 11.6 Å². The molecule has 0 amide bonds. The van der Waals surface area contributed by atoms with Crippen LogP contribution in [0.25, 0.3) is 0 Å². The summed E-state index contributed by atoms with van der Waals surface area (Å²) in [5.41, 5.74) is 1.00. The molecule has 0 aliphatic heterocycles. The molecule has 166 valence electrons. The van der Waals surface area contributed by atoms with Gasteiger partial charge in [-0.25, -0.2) is 0 Å². The van der Waals surface area contributed by atoms with Crippen LogP contribution in [-0.2, 0) is 19.1 Å². The minimum absolute atomic E-state index is 0.00824. The van der Waals surface area contributed by atoms with Gasteiger partial charge >= 0.3 is 5.97 Å². The van der Waals surface area contributed by atoms with E-state index in [0.29, 0.717) is 30.0 Å². The zero-order valence-corrected chi connectivity index (χ0v) is 19.4. The van der Waals surface area contributed by atoms with Crippen molar-refractivity contribution in [2.75, 3.05) is 6.61 Å². The summed E-state index contributed by atoms with van der Waals surface area (Å²) in [5, 5.41) is 0. The number of ether oxygens (including phenoxy) is 1. The van der Waals surface area contributed by atoms with Gasteiger partial charge in [-0.05, 0) is 100 Å². The van der Waals surface area contributed by atoms with Gasteiger partial charge in [0.1, 0.15) is 6.61 Å². The molecule has 30 heavy (non-hydrogen) atoms. The smallest absolute Gasteiger partial charge is 0.311 e. The second-order valence-corrected chi connectivity index (χ2v) is 11.9. The SMILES string of the molecule is CC(C)(C)C(=O)OCC(=O)[C@H]1CC[C@H]2[C@H]3CCC4=CC(=O)CC[C@@]4(C)[C@@H]3CC[C@@]12C. The number of carbonyl (C=O) groups excluding carboxylic acids is 3. The van der Waals surface area contributed by atoms with E-state index in [1.165, 1.54) is 5.57 Å². The largest absolute Gasteiger partial charge is 0.457 e. The average molecular weight is 415 g/mol. The molecule has 0 saturated heterocycles. The molecule has 0 N–H and O–H groups in total. The summed E-state index contributed by atoms with van der Waals surface area (Å²) in [6.07, 6.45) is 10.1. The molecule has 0 spiro atoms. The van der Waals surface area contributed by atoms with Crippen LogP contribution in [0.2, 0.25) is 0 Å². The van der Waals surface area contributed by atoms with Crippen LogP contribution in [0.3, 0.4) is 0 Å². The quantitative estimate of drug-likeness (QED) is 0.589. The summed E-state index contributed by atoms with van der Waals surface area (Å²) in [7, 11) is 0. The number of hydrogen-bond donors (Lipinski definition) is 0. The number of allylic oxidation sites excluding steroid dienone is 1.